The molecule has 0 radical (unpaired) electrons. The average Bonchev–Trinajstić information content (AvgIpc) is 2.80. The lowest BCUT2D eigenvalue weighted by Crippen LogP contribution is -2.43. The van der Waals surface area contributed by atoms with Crippen LogP contribution in [0.25, 0.3) is 0 Å². The Balaban J connectivity index is 2.00. The van der Waals surface area contributed by atoms with E-state index >= 15 is 0 Å². The van der Waals surface area contributed by atoms with Gasteiger partial charge >= 0.3 is 0 Å². The normalized spacial score (nSPS) is 13.9. The maximum absolute atomic E-state index is 13.5. The molecule has 0 aromatic heterocycles. The predicted molar refractivity (Wildman–Crippen MR) is 132 cm³/mol. The first-order valence-electron chi connectivity index (χ1n) is 11.0. The molecule has 10 nitrogen and oxygen atoms in total. The molecule has 2 aromatic rings. The number of rotatable bonds is 9. The molecule has 2 amide bonds. The van der Waals surface area contributed by atoms with Crippen LogP contribution in [0.1, 0.15) is 22.8 Å². The van der Waals surface area contributed by atoms with Crippen molar-refractivity contribution in [1.29, 1.82) is 0 Å². The highest BCUT2D eigenvalue weighted by Crippen LogP contribution is 2.32. The molecule has 184 valence electrons. The van der Waals surface area contributed by atoms with Gasteiger partial charge in [-0.05, 0) is 42.8 Å². The van der Waals surface area contributed by atoms with Gasteiger partial charge in [-0.1, -0.05) is 6.07 Å². The molecule has 0 aliphatic carbocycles. The summed E-state index contributed by atoms with van der Waals surface area (Å²) in [6.07, 6.45) is 0. The Kier molecular flexibility index (Phi) is 8.48. The molecule has 0 unspecified atom stereocenters. The van der Waals surface area contributed by atoms with Crippen LogP contribution in [-0.4, -0.2) is 66.7 Å². The van der Waals surface area contributed by atoms with Crippen LogP contribution >= 0.6 is 0 Å². The number of amides is 2. The Morgan fingerprint density at radius 3 is 2.50 bits per heavy atom. The van der Waals surface area contributed by atoms with Crippen molar-refractivity contribution in [3.05, 3.63) is 47.5 Å². The summed E-state index contributed by atoms with van der Waals surface area (Å²) in [6, 6.07) is 9.74. The standard InChI is InChI=1S/C23H31N5O5S/c1-16-4-6-19(26-17(2)29)22(14-16)34(31,32)27-20-15-18(23(30)25-10-13-33-3)5-7-21(20)28-11-8-24-9-12-28/h4-7,14-15,24,27H,8-13H2,1-3H3,(H,25,30)(H,26,29). The fourth-order valence-corrected chi connectivity index (χ4v) is 4.97. The number of carbonyl (C=O) groups is 2. The van der Waals surface area contributed by atoms with Crippen molar-refractivity contribution in [3.63, 3.8) is 0 Å². The van der Waals surface area contributed by atoms with Gasteiger partial charge in [0.1, 0.15) is 4.90 Å². The number of hydrogen-bond acceptors (Lipinski definition) is 7. The van der Waals surface area contributed by atoms with E-state index in [0.29, 0.717) is 37.5 Å². The van der Waals surface area contributed by atoms with E-state index < -0.39 is 10.0 Å². The smallest absolute Gasteiger partial charge is 0.264 e. The first-order chi connectivity index (χ1) is 16.2. The number of methoxy groups -OCH3 is 1. The number of nitrogens with one attached hydrogen (secondary N) is 4. The van der Waals surface area contributed by atoms with Crippen LogP contribution in [0, 0.1) is 6.92 Å². The van der Waals surface area contributed by atoms with E-state index in [-0.39, 0.29) is 28.1 Å². The van der Waals surface area contributed by atoms with Gasteiger partial charge in [0, 0.05) is 52.3 Å². The van der Waals surface area contributed by atoms with E-state index in [4.69, 9.17) is 4.74 Å². The van der Waals surface area contributed by atoms with Crippen LogP contribution in [0.5, 0.6) is 0 Å². The van der Waals surface area contributed by atoms with Gasteiger partial charge in [-0.15, -0.1) is 0 Å². The summed E-state index contributed by atoms with van der Waals surface area (Å²) in [4.78, 5) is 26.2. The van der Waals surface area contributed by atoms with Gasteiger partial charge in [-0.2, -0.15) is 0 Å². The molecule has 0 bridgehead atoms. The number of nitrogens with zero attached hydrogens (tertiary/aromatic N) is 1. The Morgan fingerprint density at radius 2 is 1.82 bits per heavy atom. The maximum Gasteiger partial charge on any atom is 0.264 e. The SMILES string of the molecule is COCCNC(=O)c1ccc(N2CCNCC2)c(NS(=O)(=O)c2cc(C)ccc2NC(C)=O)c1. The third kappa shape index (κ3) is 6.46. The number of ether oxygens (including phenoxy) is 1. The van der Waals surface area contributed by atoms with Crippen molar-refractivity contribution in [1.82, 2.24) is 10.6 Å². The van der Waals surface area contributed by atoms with Gasteiger partial charge in [0.05, 0.1) is 23.7 Å². The molecular formula is C23H31N5O5S. The molecule has 3 rings (SSSR count). The minimum absolute atomic E-state index is 0.0519. The van der Waals surface area contributed by atoms with E-state index in [1.807, 2.05) is 0 Å². The van der Waals surface area contributed by atoms with Gasteiger partial charge in [-0.25, -0.2) is 8.42 Å². The Bertz CT molecular complexity index is 1150. The Labute approximate surface area is 200 Å². The number of hydrogen-bond donors (Lipinski definition) is 4. The van der Waals surface area contributed by atoms with Crippen molar-refractivity contribution in [3.8, 4) is 0 Å². The fraction of sp³-hybridized carbons (Fsp3) is 0.391. The summed E-state index contributed by atoms with van der Waals surface area (Å²) in [5.74, 6) is -0.713. The molecule has 34 heavy (non-hydrogen) atoms. The highest BCUT2D eigenvalue weighted by molar-refractivity contribution is 7.93. The number of piperazine rings is 1. The van der Waals surface area contributed by atoms with E-state index in [1.165, 1.54) is 19.1 Å². The molecule has 0 saturated carbocycles. The third-order valence-corrected chi connectivity index (χ3v) is 6.70. The van der Waals surface area contributed by atoms with Gasteiger partial charge in [0.25, 0.3) is 15.9 Å². The van der Waals surface area contributed by atoms with Crippen LogP contribution in [0.4, 0.5) is 17.1 Å². The van der Waals surface area contributed by atoms with Gasteiger partial charge in [0.15, 0.2) is 0 Å². The predicted octanol–water partition coefficient (Wildman–Crippen LogP) is 1.54. The Hall–Kier alpha value is -3.15. The third-order valence-electron chi connectivity index (χ3n) is 5.29. The number of anilines is 3. The zero-order valence-electron chi connectivity index (χ0n) is 19.6. The molecule has 1 saturated heterocycles. The zero-order valence-corrected chi connectivity index (χ0v) is 20.4. The van der Waals surface area contributed by atoms with Crippen LogP contribution in [0.3, 0.4) is 0 Å². The summed E-state index contributed by atoms with van der Waals surface area (Å²) >= 11 is 0. The molecule has 0 spiro atoms. The van der Waals surface area contributed by atoms with Gasteiger partial charge in [-0.3, -0.25) is 14.3 Å². The fourth-order valence-electron chi connectivity index (χ4n) is 3.65. The number of carbonyl (C=O) groups excluding carboxylic acids is 2. The second-order valence-electron chi connectivity index (χ2n) is 8.00. The zero-order chi connectivity index (χ0) is 24.7. The molecule has 11 heteroatoms. The number of benzene rings is 2. The number of sulfonamides is 1. The highest BCUT2D eigenvalue weighted by atomic mass is 32.2. The second-order valence-corrected chi connectivity index (χ2v) is 9.65. The summed E-state index contributed by atoms with van der Waals surface area (Å²) in [6.45, 7) is 6.69. The van der Waals surface area contributed by atoms with Crippen LogP contribution in [-0.2, 0) is 19.6 Å². The van der Waals surface area contributed by atoms with E-state index in [2.05, 4.69) is 25.6 Å². The largest absolute Gasteiger partial charge is 0.383 e. The minimum atomic E-state index is -4.10. The molecule has 1 heterocycles. The quantitative estimate of drug-likeness (QED) is 0.393. The molecule has 1 fully saturated rings. The van der Waals surface area contributed by atoms with Gasteiger partial charge in [0.2, 0.25) is 5.91 Å². The Morgan fingerprint density at radius 1 is 1.09 bits per heavy atom. The summed E-state index contributed by atoms with van der Waals surface area (Å²) in [7, 11) is -2.55. The van der Waals surface area contributed by atoms with Gasteiger partial charge < -0.3 is 25.6 Å². The van der Waals surface area contributed by atoms with Crippen LogP contribution < -0.4 is 25.6 Å². The van der Waals surface area contributed by atoms with Crippen molar-refractivity contribution in [2.75, 3.05) is 61.4 Å². The van der Waals surface area contributed by atoms with Crippen molar-refractivity contribution >= 4 is 38.9 Å². The van der Waals surface area contributed by atoms with E-state index in [1.54, 1.807) is 38.3 Å². The molecule has 4 N–H and O–H groups in total. The van der Waals surface area contributed by atoms with E-state index in [0.717, 1.165) is 18.7 Å². The molecule has 0 atom stereocenters. The van der Waals surface area contributed by atoms with Crippen LogP contribution in [0.2, 0.25) is 0 Å². The summed E-state index contributed by atoms with van der Waals surface area (Å²) in [5.41, 5.74) is 2.19. The monoisotopic (exact) mass is 489 g/mol. The topological polar surface area (TPSA) is 129 Å². The summed E-state index contributed by atoms with van der Waals surface area (Å²) in [5, 5.41) is 8.59. The summed E-state index contributed by atoms with van der Waals surface area (Å²) < 4.78 is 34.6. The van der Waals surface area contributed by atoms with Crippen molar-refractivity contribution in [2.24, 2.45) is 0 Å². The van der Waals surface area contributed by atoms with E-state index in [9.17, 15) is 18.0 Å². The first-order valence-corrected chi connectivity index (χ1v) is 12.5. The maximum atomic E-state index is 13.5. The minimum Gasteiger partial charge on any atom is -0.383 e. The highest BCUT2D eigenvalue weighted by Gasteiger charge is 2.24. The molecule has 1 aliphatic heterocycles. The second kappa shape index (κ2) is 11.3. The molecular weight excluding hydrogens is 458 g/mol. The van der Waals surface area contributed by atoms with Crippen molar-refractivity contribution in [2.45, 2.75) is 18.7 Å². The lowest BCUT2D eigenvalue weighted by molar-refractivity contribution is -0.114. The lowest BCUT2D eigenvalue weighted by Gasteiger charge is -2.31. The first kappa shape index (κ1) is 25.5. The number of aryl methyl sites for hydroxylation is 1. The van der Waals surface area contributed by atoms with Crippen molar-refractivity contribution < 1.29 is 22.7 Å². The van der Waals surface area contributed by atoms with Crippen LogP contribution in [0.15, 0.2) is 41.3 Å². The average molecular weight is 490 g/mol. The lowest BCUT2D eigenvalue weighted by atomic mass is 10.1. The molecule has 1 aliphatic rings. The molecule has 2 aromatic carbocycles.